The molecule has 2 aromatic rings. The lowest BCUT2D eigenvalue weighted by atomic mass is 10.3. The van der Waals surface area contributed by atoms with E-state index in [0.717, 1.165) is 4.47 Å². The number of carbonyl (C=O) groups excluding carboxylic acids is 1. The van der Waals surface area contributed by atoms with Crippen molar-refractivity contribution in [2.24, 2.45) is 5.73 Å². The summed E-state index contributed by atoms with van der Waals surface area (Å²) in [5.41, 5.74) is 5.96. The van der Waals surface area contributed by atoms with Crippen molar-refractivity contribution in [2.45, 2.75) is 23.6 Å². The highest BCUT2D eigenvalue weighted by Gasteiger charge is 2.11. The molecule has 0 spiro atoms. The Hall–Kier alpha value is -1.24. The Balaban J connectivity index is 1.81. The second-order valence-electron chi connectivity index (χ2n) is 4.60. The highest BCUT2D eigenvalue weighted by Crippen LogP contribution is 2.24. The van der Waals surface area contributed by atoms with Gasteiger partial charge in [0.15, 0.2) is 0 Å². The summed E-state index contributed by atoms with van der Waals surface area (Å²) in [6.45, 7) is 2.96. The van der Waals surface area contributed by atoms with E-state index in [-0.39, 0.29) is 11.2 Å². The second kappa shape index (κ2) is 7.68. The molecule has 0 saturated heterocycles. The standard InChI is InChI=1S/C15H17BrN2O2S/c1-10(21-14-4-2-12(16)3-5-14)8-18-15(19)11-6-13(7-17)20-9-11/h2-6,9-10H,7-8,17H2,1H3,(H,18,19). The zero-order valence-electron chi connectivity index (χ0n) is 11.6. The van der Waals surface area contributed by atoms with E-state index < -0.39 is 0 Å². The largest absolute Gasteiger partial charge is 0.467 e. The van der Waals surface area contributed by atoms with Crippen LogP contribution in [0.25, 0.3) is 0 Å². The van der Waals surface area contributed by atoms with Gasteiger partial charge in [-0.25, -0.2) is 0 Å². The topological polar surface area (TPSA) is 68.3 Å². The maximum absolute atomic E-state index is 11.9. The van der Waals surface area contributed by atoms with Gasteiger partial charge in [-0.3, -0.25) is 4.79 Å². The van der Waals surface area contributed by atoms with E-state index in [1.54, 1.807) is 17.8 Å². The number of rotatable bonds is 6. The molecule has 0 aliphatic carbocycles. The van der Waals surface area contributed by atoms with Gasteiger partial charge in [0.05, 0.1) is 12.1 Å². The lowest BCUT2D eigenvalue weighted by Gasteiger charge is -2.12. The van der Waals surface area contributed by atoms with Gasteiger partial charge in [-0.05, 0) is 30.3 Å². The van der Waals surface area contributed by atoms with Crippen LogP contribution in [0.4, 0.5) is 0 Å². The SMILES string of the molecule is CC(CNC(=O)c1coc(CN)c1)Sc1ccc(Br)cc1. The van der Waals surface area contributed by atoms with Gasteiger partial charge in [-0.2, -0.15) is 0 Å². The average molecular weight is 369 g/mol. The summed E-state index contributed by atoms with van der Waals surface area (Å²) >= 11 is 5.13. The molecule has 0 fully saturated rings. The number of benzene rings is 1. The van der Waals surface area contributed by atoms with E-state index in [2.05, 4.69) is 40.3 Å². The second-order valence-corrected chi connectivity index (χ2v) is 7.03. The summed E-state index contributed by atoms with van der Waals surface area (Å²) < 4.78 is 6.21. The summed E-state index contributed by atoms with van der Waals surface area (Å²) in [5, 5.41) is 3.17. The fourth-order valence-corrected chi connectivity index (χ4v) is 2.92. The van der Waals surface area contributed by atoms with E-state index in [1.165, 1.54) is 11.2 Å². The van der Waals surface area contributed by atoms with Gasteiger partial charge < -0.3 is 15.5 Å². The minimum atomic E-state index is -0.137. The van der Waals surface area contributed by atoms with E-state index in [4.69, 9.17) is 10.2 Å². The summed E-state index contributed by atoms with van der Waals surface area (Å²) in [4.78, 5) is 13.1. The van der Waals surface area contributed by atoms with Crippen LogP contribution in [0.15, 0.2) is 50.4 Å². The van der Waals surface area contributed by atoms with Gasteiger partial charge in [0, 0.05) is 21.2 Å². The van der Waals surface area contributed by atoms with E-state index in [0.29, 0.717) is 24.4 Å². The molecule has 6 heteroatoms. The number of carbonyl (C=O) groups is 1. The predicted octanol–water partition coefficient (Wildman–Crippen LogP) is 3.41. The van der Waals surface area contributed by atoms with Crippen molar-refractivity contribution in [1.82, 2.24) is 5.32 Å². The van der Waals surface area contributed by atoms with Crippen LogP contribution >= 0.6 is 27.7 Å². The number of hydrogen-bond acceptors (Lipinski definition) is 4. The first-order chi connectivity index (χ1) is 10.1. The van der Waals surface area contributed by atoms with Crippen molar-refractivity contribution in [3.8, 4) is 0 Å². The van der Waals surface area contributed by atoms with Crippen LogP contribution in [0.2, 0.25) is 0 Å². The van der Waals surface area contributed by atoms with Gasteiger partial charge >= 0.3 is 0 Å². The van der Waals surface area contributed by atoms with Crippen LogP contribution in [0.3, 0.4) is 0 Å². The quantitative estimate of drug-likeness (QED) is 0.766. The van der Waals surface area contributed by atoms with Gasteiger partial charge in [-0.1, -0.05) is 22.9 Å². The first-order valence-corrected chi connectivity index (χ1v) is 8.23. The maximum atomic E-state index is 11.9. The Labute approximate surface area is 136 Å². The van der Waals surface area contributed by atoms with Crippen LogP contribution in [-0.2, 0) is 6.54 Å². The normalized spacial score (nSPS) is 12.1. The third kappa shape index (κ3) is 4.91. The number of nitrogens with one attached hydrogen (secondary N) is 1. The third-order valence-electron chi connectivity index (χ3n) is 2.82. The van der Waals surface area contributed by atoms with Crippen molar-refractivity contribution in [3.05, 3.63) is 52.4 Å². The van der Waals surface area contributed by atoms with E-state index in [9.17, 15) is 4.79 Å². The molecule has 1 atom stereocenters. The molecule has 1 amide bonds. The maximum Gasteiger partial charge on any atom is 0.254 e. The number of halogens is 1. The number of furan rings is 1. The number of amides is 1. The lowest BCUT2D eigenvalue weighted by molar-refractivity contribution is 0.0953. The zero-order valence-corrected chi connectivity index (χ0v) is 14.0. The van der Waals surface area contributed by atoms with Crippen molar-refractivity contribution >= 4 is 33.6 Å². The molecule has 1 unspecified atom stereocenters. The molecule has 0 saturated carbocycles. The summed E-state index contributed by atoms with van der Waals surface area (Å²) in [7, 11) is 0. The van der Waals surface area contributed by atoms with Crippen molar-refractivity contribution < 1.29 is 9.21 Å². The Bertz CT molecular complexity index is 598. The highest BCUT2D eigenvalue weighted by molar-refractivity contribution is 9.10. The molecular formula is C15H17BrN2O2S. The molecular weight excluding hydrogens is 352 g/mol. The smallest absolute Gasteiger partial charge is 0.254 e. The third-order valence-corrected chi connectivity index (χ3v) is 4.46. The van der Waals surface area contributed by atoms with Crippen LogP contribution in [0, 0.1) is 0 Å². The average Bonchev–Trinajstić information content (AvgIpc) is 2.96. The molecule has 2 rings (SSSR count). The number of nitrogens with two attached hydrogens (primary N) is 1. The molecule has 112 valence electrons. The monoisotopic (exact) mass is 368 g/mol. The highest BCUT2D eigenvalue weighted by atomic mass is 79.9. The molecule has 1 heterocycles. The molecule has 0 radical (unpaired) electrons. The molecule has 3 N–H and O–H groups in total. The van der Waals surface area contributed by atoms with Crippen molar-refractivity contribution in [1.29, 1.82) is 0 Å². The van der Waals surface area contributed by atoms with Gasteiger partial charge in [0.2, 0.25) is 0 Å². The molecule has 0 bridgehead atoms. The summed E-state index contributed by atoms with van der Waals surface area (Å²) in [6.07, 6.45) is 1.43. The number of thioether (sulfide) groups is 1. The first kappa shape index (κ1) is 16.1. The van der Waals surface area contributed by atoms with Gasteiger partial charge in [0.25, 0.3) is 5.91 Å². The Kier molecular flexibility index (Phi) is 5.90. The molecule has 1 aromatic heterocycles. The van der Waals surface area contributed by atoms with Gasteiger partial charge in [0.1, 0.15) is 12.0 Å². The molecule has 1 aromatic carbocycles. The van der Waals surface area contributed by atoms with E-state index >= 15 is 0 Å². The Morgan fingerprint density at radius 1 is 1.43 bits per heavy atom. The minimum Gasteiger partial charge on any atom is -0.467 e. The fourth-order valence-electron chi connectivity index (χ4n) is 1.73. The Morgan fingerprint density at radius 3 is 2.76 bits per heavy atom. The van der Waals surface area contributed by atoms with Crippen LogP contribution in [0.5, 0.6) is 0 Å². The zero-order chi connectivity index (χ0) is 15.2. The number of hydrogen-bond donors (Lipinski definition) is 2. The van der Waals surface area contributed by atoms with Crippen LogP contribution in [0.1, 0.15) is 23.0 Å². The first-order valence-electron chi connectivity index (χ1n) is 6.56. The molecule has 0 aliphatic rings. The molecule has 0 aliphatic heterocycles. The predicted molar refractivity (Wildman–Crippen MR) is 88.4 cm³/mol. The summed E-state index contributed by atoms with van der Waals surface area (Å²) in [5.74, 6) is 0.471. The van der Waals surface area contributed by atoms with Gasteiger partial charge in [-0.15, -0.1) is 11.8 Å². The molecule has 4 nitrogen and oxygen atoms in total. The molecule has 21 heavy (non-hydrogen) atoms. The van der Waals surface area contributed by atoms with Crippen LogP contribution in [-0.4, -0.2) is 17.7 Å². The van der Waals surface area contributed by atoms with Crippen molar-refractivity contribution in [3.63, 3.8) is 0 Å². The lowest BCUT2D eigenvalue weighted by Crippen LogP contribution is -2.29. The minimum absolute atomic E-state index is 0.137. The summed E-state index contributed by atoms with van der Waals surface area (Å²) in [6, 6.07) is 9.79. The Morgan fingerprint density at radius 2 is 2.14 bits per heavy atom. The van der Waals surface area contributed by atoms with E-state index in [1.807, 2.05) is 12.1 Å². The van der Waals surface area contributed by atoms with Crippen molar-refractivity contribution in [2.75, 3.05) is 6.54 Å². The fraction of sp³-hybridized carbons (Fsp3) is 0.267. The van der Waals surface area contributed by atoms with Crippen LogP contribution < -0.4 is 11.1 Å².